The standard InChI is InChI=1S/C10H18N2S/c11-5-1-2-6-12-9-10-3-7-13-8-4-10/h10,12H,1-4,6-9H2. The van der Waals surface area contributed by atoms with E-state index in [9.17, 15) is 0 Å². The van der Waals surface area contributed by atoms with Gasteiger partial charge in [0.25, 0.3) is 0 Å². The van der Waals surface area contributed by atoms with Gasteiger partial charge in [-0.25, -0.2) is 0 Å². The van der Waals surface area contributed by atoms with Gasteiger partial charge >= 0.3 is 0 Å². The molecule has 0 atom stereocenters. The Morgan fingerprint density at radius 2 is 2.15 bits per heavy atom. The Morgan fingerprint density at radius 1 is 1.38 bits per heavy atom. The lowest BCUT2D eigenvalue weighted by Crippen LogP contribution is -2.26. The zero-order valence-electron chi connectivity index (χ0n) is 8.09. The molecular formula is C10H18N2S. The van der Waals surface area contributed by atoms with Crippen LogP contribution in [0.3, 0.4) is 0 Å². The van der Waals surface area contributed by atoms with Crippen LogP contribution in [0.5, 0.6) is 0 Å². The monoisotopic (exact) mass is 198 g/mol. The molecule has 0 aromatic carbocycles. The van der Waals surface area contributed by atoms with Crippen molar-refractivity contribution in [3.63, 3.8) is 0 Å². The number of hydrogen-bond acceptors (Lipinski definition) is 3. The first-order valence-electron chi connectivity index (χ1n) is 5.09. The quantitative estimate of drug-likeness (QED) is 0.687. The summed E-state index contributed by atoms with van der Waals surface area (Å²) in [7, 11) is 0. The maximum atomic E-state index is 8.33. The van der Waals surface area contributed by atoms with Gasteiger partial charge < -0.3 is 5.32 Å². The number of nitriles is 1. The number of unbranched alkanes of at least 4 members (excludes halogenated alkanes) is 1. The van der Waals surface area contributed by atoms with E-state index in [-0.39, 0.29) is 0 Å². The van der Waals surface area contributed by atoms with Crippen LogP contribution in [0.4, 0.5) is 0 Å². The molecule has 0 spiro atoms. The van der Waals surface area contributed by atoms with Crippen molar-refractivity contribution in [1.29, 1.82) is 5.26 Å². The first-order chi connectivity index (χ1) is 6.43. The maximum absolute atomic E-state index is 8.33. The maximum Gasteiger partial charge on any atom is 0.0622 e. The van der Waals surface area contributed by atoms with E-state index >= 15 is 0 Å². The molecule has 2 nitrogen and oxygen atoms in total. The van der Waals surface area contributed by atoms with Crippen LogP contribution in [0.25, 0.3) is 0 Å². The van der Waals surface area contributed by atoms with E-state index in [0.29, 0.717) is 6.42 Å². The average Bonchev–Trinajstić information content (AvgIpc) is 2.19. The van der Waals surface area contributed by atoms with Gasteiger partial charge in [0, 0.05) is 6.42 Å². The lowest BCUT2D eigenvalue weighted by Gasteiger charge is -2.21. The molecule has 0 bridgehead atoms. The van der Waals surface area contributed by atoms with Crippen molar-refractivity contribution in [3.8, 4) is 6.07 Å². The summed E-state index contributed by atoms with van der Waals surface area (Å²) in [6.07, 6.45) is 4.43. The predicted octanol–water partition coefficient (Wildman–Crippen LogP) is 2.02. The molecule has 1 rings (SSSR count). The van der Waals surface area contributed by atoms with Crippen molar-refractivity contribution in [2.24, 2.45) is 5.92 Å². The molecule has 1 aliphatic rings. The first-order valence-corrected chi connectivity index (χ1v) is 6.24. The molecule has 1 heterocycles. The Bertz CT molecular complexity index is 159. The molecule has 0 aliphatic carbocycles. The Morgan fingerprint density at radius 3 is 2.85 bits per heavy atom. The van der Waals surface area contributed by atoms with E-state index in [4.69, 9.17) is 5.26 Å². The van der Waals surface area contributed by atoms with Gasteiger partial charge in [-0.05, 0) is 49.8 Å². The molecule has 0 radical (unpaired) electrons. The summed E-state index contributed by atoms with van der Waals surface area (Å²) in [5.41, 5.74) is 0. The molecule has 1 saturated heterocycles. The Kier molecular flexibility index (Phi) is 6.05. The van der Waals surface area contributed by atoms with Gasteiger partial charge in [0.2, 0.25) is 0 Å². The van der Waals surface area contributed by atoms with Crippen LogP contribution in [-0.2, 0) is 0 Å². The number of nitrogens with zero attached hydrogens (tertiary/aromatic N) is 1. The van der Waals surface area contributed by atoms with Crippen molar-refractivity contribution in [2.45, 2.75) is 25.7 Å². The van der Waals surface area contributed by atoms with Crippen molar-refractivity contribution in [3.05, 3.63) is 0 Å². The normalized spacial score (nSPS) is 18.4. The molecule has 0 saturated carbocycles. The molecule has 1 N–H and O–H groups in total. The van der Waals surface area contributed by atoms with E-state index in [1.807, 2.05) is 0 Å². The number of thioether (sulfide) groups is 1. The third kappa shape index (κ3) is 5.17. The van der Waals surface area contributed by atoms with Crippen LogP contribution >= 0.6 is 11.8 Å². The minimum atomic E-state index is 0.688. The topological polar surface area (TPSA) is 35.8 Å². The second-order valence-corrected chi connectivity index (χ2v) is 4.75. The highest BCUT2D eigenvalue weighted by atomic mass is 32.2. The van der Waals surface area contributed by atoms with Gasteiger partial charge in [0.05, 0.1) is 6.07 Å². The minimum absolute atomic E-state index is 0.688. The van der Waals surface area contributed by atoms with Crippen LogP contribution < -0.4 is 5.32 Å². The summed E-state index contributed by atoms with van der Waals surface area (Å²) in [4.78, 5) is 0. The molecule has 1 fully saturated rings. The van der Waals surface area contributed by atoms with Crippen LogP contribution in [0, 0.1) is 17.2 Å². The molecule has 0 amide bonds. The number of nitrogens with one attached hydrogen (secondary N) is 1. The van der Waals surface area contributed by atoms with Gasteiger partial charge in [-0.2, -0.15) is 17.0 Å². The molecule has 74 valence electrons. The highest BCUT2D eigenvalue weighted by Crippen LogP contribution is 2.21. The summed E-state index contributed by atoms with van der Waals surface area (Å²) in [5, 5.41) is 11.8. The fraction of sp³-hybridized carbons (Fsp3) is 0.900. The molecule has 0 aromatic rings. The Hall–Kier alpha value is -0.200. The fourth-order valence-corrected chi connectivity index (χ4v) is 2.75. The Balaban J connectivity index is 1.90. The number of rotatable bonds is 5. The third-order valence-electron chi connectivity index (χ3n) is 2.42. The van der Waals surface area contributed by atoms with Crippen LogP contribution in [-0.4, -0.2) is 24.6 Å². The Labute approximate surface area is 85.1 Å². The molecule has 1 aliphatic heterocycles. The lowest BCUT2D eigenvalue weighted by atomic mass is 10.0. The van der Waals surface area contributed by atoms with Crippen molar-refractivity contribution in [1.82, 2.24) is 5.32 Å². The summed E-state index contributed by atoms with van der Waals surface area (Å²) >= 11 is 2.08. The second kappa shape index (κ2) is 7.23. The zero-order valence-corrected chi connectivity index (χ0v) is 8.91. The molecule has 0 unspecified atom stereocenters. The van der Waals surface area contributed by atoms with Gasteiger partial charge in [-0.1, -0.05) is 0 Å². The second-order valence-electron chi connectivity index (χ2n) is 3.52. The van der Waals surface area contributed by atoms with Gasteiger partial charge in [-0.3, -0.25) is 0 Å². The molecule has 0 aromatic heterocycles. The zero-order chi connectivity index (χ0) is 9.36. The van der Waals surface area contributed by atoms with E-state index in [1.165, 1.54) is 24.3 Å². The molecule has 13 heavy (non-hydrogen) atoms. The lowest BCUT2D eigenvalue weighted by molar-refractivity contribution is 0.447. The van der Waals surface area contributed by atoms with E-state index in [0.717, 1.165) is 25.4 Å². The smallest absolute Gasteiger partial charge is 0.0622 e. The van der Waals surface area contributed by atoms with Crippen molar-refractivity contribution < 1.29 is 0 Å². The van der Waals surface area contributed by atoms with Crippen LogP contribution in [0.1, 0.15) is 25.7 Å². The van der Waals surface area contributed by atoms with Crippen LogP contribution in [0.15, 0.2) is 0 Å². The van der Waals surface area contributed by atoms with Crippen molar-refractivity contribution >= 4 is 11.8 Å². The molecular weight excluding hydrogens is 180 g/mol. The van der Waals surface area contributed by atoms with Gasteiger partial charge in [-0.15, -0.1) is 0 Å². The summed E-state index contributed by atoms with van der Waals surface area (Å²) in [5.74, 6) is 3.57. The largest absolute Gasteiger partial charge is 0.316 e. The predicted molar refractivity (Wildman–Crippen MR) is 57.8 cm³/mol. The average molecular weight is 198 g/mol. The summed E-state index contributed by atoms with van der Waals surface area (Å²) in [6, 6.07) is 2.16. The van der Waals surface area contributed by atoms with E-state index in [2.05, 4.69) is 23.1 Å². The van der Waals surface area contributed by atoms with Gasteiger partial charge in [0.15, 0.2) is 0 Å². The van der Waals surface area contributed by atoms with Crippen molar-refractivity contribution in [2.75, 3.05) is 24.6 Å². The van der Waals surface area contributed by atoms with E-state index in [1.54, 1.807) is 0 Å². The SMILES string of the molecule is N#CCCCNCC1CCSCC1. The van der Waals surface area contributed by atoms with Crippen LogP contribution in [0.2, 0.25) is 0 Å². The highest BCUT2D eigenvalue weighted by molar-refractivity contribution is 7.99. The first kappa shape index (κ1) is 10.9. The molecule has 3 heteroatoms. The highest BCUT2D eigenvalue weighted by Gasteiger charge is 2.12. The summed E-state index contributed by atoms with van der Waals surface area (Å²) < 4.78 is 0. The van der Waals surface area contributed by atoms with Gasteiger partial charge in [0.1, 0.15) is 0 Å². The summed E-state index contributed by atoms with van der Waals surface area (Å²) in [6.45, 7) is 2.17. The fourth-order valence-electron chi connectivity index (χ4n) is 1.55. The minimum Gasteiger partial charge on any atom is -0.316 e. The number of hydrogen-bond donors (Lipinski definition) is 1. The third-order valence-corrected chi connectivity index (χ3v) is 3.46. The van der Waals surface area contributed by atoms with E-state index < -0.39 is 0 Å².